The minimum absolute atomic E-state index is 0.105. The molecule has 4 rings (SSSR count). The third kappa shape index (κ3) is 4.96. The molecule has 0 saturated heterocycles. The van der Waals surface area contributed by atoms with Crippen molar-refractivity contribution in [1.82, 2.24) is 4.98 Å². The molecule has 0 radical (unpaired) electrons. The molecule has 0 fully saturated rings. The van der Waals surface area contributed by atoms with Crippen molar-refractivity contribution in [2.45, 2.75) is 26.1 Å². The molecular weight excluding hydrogens is 370 g/mol. The number of pyridine rings is 1. The number of benzene rings is 2. The van der Waals surface area contributed by atoms with E-state index in [0.29, 0.717) is 39.6 Å². The van der Waals surface area contributed by atoms with E-state index < -0.39 is 0 Å². The van der Waals surface area contributed by atoms with E-state index in [4.69, 9.17) is 28.7 Å². The van der Waals surface area contributed by atoms with E-state index in [0.717, 1.165) is 33.3 Å². The van der Waals surface area contributed by atoms with Crippen LogP contribution in [0.5, 0.6) is 11.5 Å². The molecule has 154 valence electrons. The molecule has 1 aliphatic rings. The van der Waals surface area contributed by atoms with E-state index >= 15 is 0 Å². The average molecular weight is 397 g/mol. The van der Waals surface area contributed by atoms with Crippen LogP contribution in [0.1, 0.15) is 13.8 Å². The molecule has 0 aliphatic carbocycles. The van der Waals surface area contributed by atoms with Crippen LogP contribution in [-0.2, 0) is 14.2 Å². The number of aromatic nitrogens is 1. The van der Waals surface area contributed by atoms with Crippen molar-refractivity contribution in [3.63, 3.8) is 0 Å². The lowest BCUT2D eigenvalue weighted by molar-refractivity contribution is -0.0114. The first-order valence-electron chi connectivity index (χ1n) is 10.1. The monoisotopic (exact) mass is 397 g/mol. The van der Waals surface area contributed by atoms with E-state index in [9.17, 15) is 0 Å². The standard InChI is InChI=1S/C23H27NO5/c1-16-14-26-11-9-25-10-12-27-15-17(2)29-21-8-4-6-19-13-18-5-3-7-20(28-16)22(18)24-23(19)21/h3-8,13,16-17H,9-12,14-15H2,1-2H3/t16-,17-/m1/s1. The second kappa shape index (κ2) is 9.39. The van der Waals surface area contributed by atoms with Crippen molar-refractivity contribution in [3.05, 3.63) is 42.5 Å². The Bertz CT molecular complexity index is 888. The summed E-state index contributed by atoms with van der Waals surface area (Å²) < 4.78 is 29.2. The molecule has 0 amide bonds. The minimum atomic E-state index is -0.105. The molecule has 6 nitrogen and oxygen atoms in total. The van der Waals surface area contributed by atoms with Gasteiger partial charge in [0.25, 0.3) is 0 Å². The normalized spacial score (nSPS) is 22.1. The molecule has 3 aromatic rings. The Hall–Kier alpha value is -2.41. The van der Waals surface area contributed by atoms with Crippen molar-refractivity contribution in [2.24, 2.45) is 0 Å². The lowest BCUT2D eigenvalue weighted by atomic mass is 10.1. The summed E-state index contributed by atoms with van der Waals surface area (Å²) in [6.07, 6.45) is -0.210. The lowest BCUT2D eigenvalue weighted by Gasteiger charge is -2.19. The number of ether oxygens (including phenoxy) is 5. The van der Waals surface area contributed by atoms with E-state index in [1.807, 2.05) is 50.2 Å². The fourth-order valence-electron chi connectivity index (χ4n) is 3.36. The van der Waals surface area contributed by atoms with Gasteiger partial charge in [0.05, 0.1) is 39.6 Å². The third-order valence-electron chi connectivity index (χ3n) is 4.70. The van der Waals surface area contributed by atoms with Gasteiger partial charge in [0.1, 0.15) is 34.7 Å². The summed E-state index contributed by atoms with van der Waals surface area (Å²) in [6, 6.07) is 14.1. The van der Waals surface area contributed by atoms with Gasteiger partial charge in [0.2, 0.25) is 0 Å². The Balaban J connectivity index is 1.71. The second-order valence-electron chi connectivity index (χ2n) is 7.26. The van der Waals surface area contributed by atoms with Crippen LogP contribution in [0.4, 0.5) is 0 Å². The number of rotatable bonds is 0. The van der Waals surface area contributed by atoms with Gasteiger partial charge in [0.15, 0.2) is 0 Å². The van der Waals surface area contributed by atoms with Crippen molar-refractivity contribution in [1.29, 1.82) is 0 Å². The van der Waals surface area contributed by atoms with Gasteiger partial charge in [-0.3, -0.25) is 0 Å². The van der Waals surface area contributed by atoms with Crippen molar-refractivity contribution in [3.8, 4) is 11.5 Å². The Morgan fingerprint density at radius 3 is 1.69 bits per heavy atom. The number of nitrogens with zero attached hydrogens (tertiary/aromatic N) is 1. The zero-order chi connectivity index (χ0) is 20.1. The van der Waals surface area contributed by atoms with Gasteiger partial charge in [-0.15, -0.1) is 0 Å². The van der Waals surface area contributed by atoms with Crippen LogP contribution in [0, 0.1) is 0 Å². The summed E-state index contributed by atoms with van der Waals surface area (Å²) in [6.45, 7) is 7.05. The van der Waals surface area contributed by atoms with Crippen LogP contribution >= 0.6 is 0 Å². The number of hydrogen-bond acceptors (Lipinski definition) is 6. The Kier molecular flexibility index (Phi) is 6.44. The van der Waals surface area contributed by atoms with Gasteiger partial charge in [-0.05, 0) is 32.0 Å². The SMILES string of the molecule is C[C@@H]1COCCOCCOC[C@@H](C)Oc2cccc3cc4cccc(c4nc23)O1. The molecule has 2 atom stereocenters. The highest BCUT2D eigenvalue weighted by molar-refractivity contribution is 5.97. The van der Waals surface area contributed by atoms with Gasteiger partial charge in [-0.1, -0.05) is 24.3 Å². The first kappa shape index (κ1) is 19.9. The molecule has 1 aliphatic heterocycles. The van der Waals surface area contributed by atoms with Crippen LogP contribution < -0.4 is 9.47 Å². The summed E-state index contributed by atoms with van der Waals surface area (Å²) in [7, 11) is 0. The van der Waals surface area contributed by atoms with Crippen LogP contribution in [-0.4, -0.2) is 56.8 Å². The Labute approximate surface area is 170 Å². The van der Waals surface area contributed by atoms with Crippen LogP contribution in [0.25, 0.3) is 21.8 Å². The molecule has 29 heavy (non-hydrogen) atoms. The molecule has 2 heterocycles. The van der Waals surface area contributed by atoms with Crippen LogP contribution in [0.3, 0.4) is 0 Å². The molecule has 1 aromatic heterocycles. The Morgan fingerprint density at radius 1 is 0.690 bits per heavy atom. The average Bonchev–Trinajstić information content (AvgIpc) is 2.71. The van der Waals surface area contributed by atoms with Gasteiger partial charge >= 0.3 is 0 Å². The third-order valence-corrected chi connectivity index (χ3v) is 4.70. The van der Waals surface area contributed by atoms with E-state index in [2.05, 4.69) is 6.07 Å². The summed E-state index contributed by atoms with van der Waals surface area (Å²) in [4.78, 5) is 4.92. The smallest absolute Gasteiger partial charge is 0.146 e. The summed E-state index contributed by atoms with van der Waals surface area (Å²) in [5.74, 6) is 1.48. The minimum Gasteiger partial charge on any atom is -0.486 e. The number of hydrogen-bond donors (Lipinski definition) is 0. The quantitative estimate of drug-likeness (QED) is 0.535. The van der Waals surface area contributed by atoms with Crippen molar-refractivity contribution in [2.75, 3.05) is 39.6 Å². The lowest BCUT2D eigenvalue weighted by Crippen LogP contribution is -2.22. The largest absolute Gasteiger partial charge is 0.486 e. The fraction of sp³-hybridized carbons (Fsp3) is 0.435. The summed E-state index contributed by atoms with van der Waals surface area (Å²) >= 11 is 0. The zero-order valence-corrected chi connectivity index (χ0v) is 16.9. The highest BCUT2D eigenvalue weighted by atomic mass is 16.6. The van der Waals surface area contributed by atoms with Crippen molar-refractivity contribution >= 4 is 21.8 Å². The molecule has 0 unspecified atom stereocenters. The Morgan fingerprint density at radius 2 is 1.17 bits per heavy atom. The molecule has 2 bridgehead atoms. The highest BCUT2D eigenvalue weighted by Gasteiger charge is 2.14. The maximum absolute atomic E-state index is 6.15. The molecule has 0 spiro atoms. The molecule has 0 N–H and O–H groups in total. The molecule has 2 aromatic carbocycles. The van der Waals surface area contributed by atoms with E-state index in [1.165, 1.54) is 0 Å². The summed E-state index contributed by atoms with van der Waals surface area (Å²) in [5.41, 5.74) is 1.63. The second-order valence-corrected chi connectivity index (χ2v) is 7.26. The van der Waals surface area contributed by atoms with E-state index in [1.54, 1.807) is 0 Å². The van der Waals surface area contributed by atoms with Crippen molar-refractivity contribution < 1.29 is 23.7 Å². The maximum atomic E-state index is 6.15. The van der Waals surface area contributed by atoms with Gasteiger partial charge in [-0.25, -0.2) is 4.98 Å². The molecular formula is C23H27NO5. The predicted molar refractivity (Wildman–Crippen MR) is 112 cm³/mol. The predicted octanol–water partition coefficient (Wildman–Crippen LogP) is 3.99. The number of para-hydroxylation sites is 2. The van der Waals surface area contributed by atoms with Gasteiger partial charge in [0, 0.05) is 10.8 Å². The first-order chi connectivity index (χ1) is 14.2. The van der Waals surface area contributed by atoms with Gasteiger partial charge in [-0.2, -0.15) is 0 Å². The summed E-state index contributed by atoms with van der Waals surface area (Å²) in [5, 5.41) is 2.05. The topological polar surface area (TPSA) is 59.0 Å². The first-order valence-corrected chi connectivity index (χ1v) is 10.1. The highest BCUT2D eigenvalue weighted by Crippen LogP contribution is 2.32. The maximum Gasteiger partial charge on any atom is 0.146 e. The fourth-order valence-corrected chi connectivity index (χ4v) is 3.36. The molecule has 0 saturated carbocycles. The van der Waals surface area contributed by atoms with E-state index in [-0.39, 0.29) is 12.2 Å². The van der Waals surface area contributed by atoms with Crippen LogP contribution in [0.2, 0.25) is 0 Å². The molecule has 6 heteroatoms. The van der Waals surface area contributed by atoms with Crippen LogP contribution in [0.15, 0.2) is 42.5 Å². The zero-order valence-electron chi connectivity index (χ0n) is 16.9. The van der Waals surface area contributed by atoms with Gasteiger partial charge < -0.3 is 23.7 Å².